The first kappa shape index (κ1) is 17.5. The first-order chi connectivity index (χ1) is 11.5. The first-order valence-electron chi connectivity index (χ1n) is 7.54. The van der Waals surface area contributed by atoms with Crippen molar-refractivity contribution in [1.29, 1.82) is 0 Å². The number of carbonyl (C=O) groups is 2. The highest BCUT2D eigenvalue weighted by atomic mass is 19.1. The molecule has 24 heavy (non-hydrogen) atoms. The third-order valence-electron chi connectivity index (χ3n) is 3.23. The lowest BCUT2D eigenvalue weighted by atomic mass is 10.1. The molecule has 0 aliphatic carbocycles. The van der Waals surface area contributed by atoms with Crippen molar-refractivity contribution in [3.05, 3.63) is 65.5 Å². The first-order valence-corrected chi connectivity index (χ1v) is 7.54. The number of nitrogens with one attached hydrogen (secondary N) is 2. The van der Waals surface area contributed by atoms with Crippen LogP contribution in [0.15, 0.2) is 48.5 Å². The summed E-state index contributed by atoms with van der Waals surface area (Å²) >= 11 is 0. The molecule has 0 bridgehead atoms. The number of hydrazine groups is 1. The van der Waals surface area contributed by atoms with E-state index in [4.69, 9.17) is 4.74 Å². The maximum atomic E-state index is 13.0. The van der Waals surface area contributed by atoms with Crippen molar-refractivity contribution < 1.29 is 18.7 Å². The van der Waals surface area contributed by atoms with Gasteiger partial charge in [-0.25, -0.2) is 4.39 Å². The Kier molecular flexibility index (Phi) is 6.31. The van der Waals surface area contributed by atoms with Crippen molar-refractivity contribution in [2.24, 2.45) is 0 Å². The van der Waals surface area contributed by atoms with Gasteiger partial charge in [-0.15, -0.1) is 0 Å². The van der Waals surface area contributed by atoms with Gasteiger partial charge in [-0.3, -0.25) is 20.4 Å². The molecule has 0 aliphatic heterocycles. The Hall–Kier alpha value is -2.89. The summed E-state index contributed by atoms with van der Waals surface area (Å²) < 4.78 is 18.3. The van der Waals surface area contributed by atoms with Gasteiger partial charge in [0.25, 0.3) is 5.91 Å². The lowest BCUT2D eigenvalue weighted by Gasteiger charge is -2.09. The van der Waals surface area contributed by atoms with Crippen LogP contribution in [0.2, 0.25) is 0 Å². The van der Waals surface area contributed by atoms with Crippen LogP contribution in [0, 0.1) is 12.7 Å². The predicted molar refractivity (Wildman–Crippen MR) is 87.7 cm³/mol. The molecule has 0 fully saturated rings. The lowest BCUT2D eigenvalue weighted by Crippen LogP contribution is -2.43. The van der Waals surface area contributed by atoms with Crippen LogP contribution >= 0.6 is 0 Å². The molecular weight excluding hydrogens is 311 g/mol. The highest BCUT2D eigenvalue weighted by Gasteiger charge is 2.06. The van der Waals surface area contributed by atoms with E-state index in [2.05, 4.69) is 10.9 Å². The Morgan fingerprint density at radius 3 is 2.54 bits per heavy atom. The third kappa shape index (κ3) is 6.08. The zero-order valence-corrected chi connectivity index (χ0v) is 13.3. The summed E-state index contributed by atoms with van der Waals surface area (Å²) in [6.07, 6.45) is 0.529. The summed E-state index contributed by atoms with van der Waals surface area (Å²) in [5.74, 6) is -0.573. The number of benzene rings is 2. The Morgan fingerprint density at radius 2 is 1.79 bits per heavy atom. The number of amides is 2. The molecule has 0 aliphatic rings. The molecule has 0 unspecified atom stereocenters. The zero-order chi connectivity index (χ0) is 17.4. The fourth-order valence-corrected chi connectivity index (χ4v) is 2.04. The van der Waals surface area contributed by atoms with Crippen molar-refractivity contribution in [3.63, 3.8) is 0 Å². The van der Waals surface area contributed by atoms with Crippen LogP contribution in [-0.2, 0) is 16.0 Å². The van der Waals surface area contributed by atoms with Gasteiger partial charge in [0.05, 0.1) is 0 Å². The average molecular weight is 330 g/mol. The summed E-state index contributed by atoms with van der Waals surface area (Å²) in [6.45, 7) is 1.72. The molecule has 0 saturated carbocycles. The number of aryl methyl sites for hydroxylation is 2. The fourth-order valence-electron chi connectivity index (χ4n) is 2.04. The van der Waals surface area contributed by atoms with E-state index in [1.165, 1.54) is 12.1 Å². The quantitative estimate of drug-likeness (QED) is 0.799. The summed E-state index contributed by atoms with van der Waals surface area (Å²) in [6, 6.07) is 13.4. The highest BCUT2D eigenvalue weighted by molar-refractivity contribution is 5.82. The Labute approximate surface area is 139 Å². The van der Waals surface area contributed by atoms with Crippen LogP contribution in [0.4, 0.5) is 4.39 Å². The van der Waals surface area contributed by atoms with Gasteiger partial charge in [-0.05, 0) is 48.7 Å². The standard InChI is InChI=1S/C18H19FN2O3/c1-13-4-2-7-16(10-13)24-12-18(23)21-20-17(22)9-8-14-5-3-6-15(19)11-14/h2-7,10-11H,8-9,12H2,1H3,(H,20,22)(H,21,23). The summed E-state index contributed by atoms with van der Waals surface area (Å²) in [5.41, 5.74) is 6.33. The predicted octanol–water partition coefficient (Wildman–Crippen LogP) is 2.29. The van der Waals surface area contributed by atoms with E-state index < -0.39 is 5.91 Å². The van der Waals surface area contributed by atoms with Crippen LogP contribution < -0.4 is 15.6 Å². The summed E-state index contributed by atoms with van der Waals surface area (Å²) in [5, 5.41) is 0. The van der Waals surface area contributed by atoms with Crippen molar-refractivity contribution >= 4 is 11.8 Å². The molecule has 0 spiro atoms. The van der Waals surface area contributed by atoms with E-state index in [0.29, 0.717) is 12.2 Å². The molecule has 126 valence electrons. The van der Waals surface area contributed by atoms with Gasteiger partial charge in [0.15, 0.2) is 6.61 Å². The largest absolute Gasteiger partial charge is 0.484 e. The molecule has 0 aromatic heterocycles. The van der Waals surface area contributed by atoms with Crippen LogP contribution in [0.1, 0.15) is 17.5 Å². The van der Waals surface area contributed by atoms with Crippen molar-refractivity contribution in [3.8, 4) is 5.75 Å². The Bertz CT molecular complexity index is 657. The third-order valence-corrected chi connectivity index (χ3v) is 3.23. The minimum Gasteiger partial charge on any atom is -0.484 e. The molecular formula is C18H19FN2O3. The maximum absolute atomic E-state index is 13.0. The molecule has 2 amide bonds. The number of carbonyl (C=O) groups excluding carboxylic acids is 2. The number of hydrogen-bond donors (Lipinski definition) is 2. The van der Waals surface area contributed by atoms with E-state index in [1.54, 1.807) is 18.2 Å². The topological polar surface area (TPSA) is 67.4 Å². The van der Waals surface area contributed by atoms with Crippen molar-refractivity contribution in [2.75, 3.05) is 6.61 Å². The molecule has 2 rings (SSSR count). The van der Waals surface area contributed by atoms with Gasteiger partial charge in [0.2, 0.25) is 5.91 Å². The number of rotatable bonds is 6. The Morgan fingerprint density at radius 1 is 1.04 bits per heavy atom. The van der Waals surface area contributed by atoms with Gasteiger partial charge in [0, 0.05) is 6.42 Å². The van der Waals surface area contributed by atoms with Crippen LogP contribution in [0.5, 0.6) is 5.75 Å². The van der Waals surface area contributed by atoms with Crippen LogP contribution in [-0.4, -0.2) is 18.4 Å². The van der Waals surface area contributed by atoms with E-state index in [-0.39, 0.29) is 24.8 Å². The molecule has 2 N–H and O–H groups in total. The smallest absolute Gasteiger partial charge is 0.276 e. The second-order valence-corrected chi connectivity index (χ2v) is 5.33. The molecule has 0 heterocycles. The summed E-state index contributed by atoms with van der Waals surface area (Å²) in [7, 11) is 0. The molecule has 5 nitrogen and oxygen atoms in total. The zero-order valence-electron chi connectivity index (χ0n) is 13.3. The molecule has 6 heteroatoms. The average Bonchev–Trinajstić information content (AvgIpc) is 2.56. The minimum atomic E-state index is -0.462. The minimum absolute atomic E-state index is 0.141. The molecule has 2 aromatic rings. The van der Waals surface area contributed by atoms with Gasteiger partial charge >= 0.3 is 0 Å². The van der Waals surface area contributed by atoms with Crippen molar-refractivity contribution in [2.45, 2.75) is 19.8 Å². The van der Waals surface area contributed by atoms with Gasteiger partial charge in [-0.1, -0.05) is 24.3 Å². The normalized spacial score (nSPS) is 10.1. The molecule has 0 radical (unpaired) electrons. The van der Waals surface area contributed by atoms with E-state index in [1.807, 2.05) is 25.1 Å². The Balaban J connectivity index is 1.66. The number of ether oxygens (including phenoxy) is 1. The molecule has 2 aromatic carbocycles. The fraction of sp³-hybridized carbons (Fsp3) is 0.222. The summed E-state index contributed by atoms with van der Waals surface area (Å²) in [4.78, 5) is 23.3. The van der Waals surface area contributed by atoms with E-state index >= 15 is 0 Å². The van der Waals surface area contributed by atoms with Gasteiger partial charge in [-0.2, -0.15) is 0 Å². The van der Waals surface area contributed by atoms with Crippen molar-refractivity contribution in [1.82, 2.24) is 10.9 Å². The lowest BCUT2D eigenvalue weighted by molar-refractivity contribution is -0.130. The van der Waals surface area contributed by atoms with E-state index in [9.17, 15) is 14.0 Å². The van der Waals surface area contributed by atoms with Gasteiger partial charge < -0.3 is 4.74 Å². The number of halogens is 1. The molecule has 0 saturated heterocycles. The van der Waals surface area contributed by atoms with Gasteiger partial charge in [0.1, 0.15) is 11.6 Å². The molecule has 0 atom stereocenters. The monoisotopic (exact) mass is 330 g/mol. The second-order valence-electron chi connectivity index (χ2n) is 5.33. The number of hydrogen-bond acceptors (Lipinski definition) is 3. The van der Waals surface area contributed by atoms with Crippen LogP contribution in [0.3, 0.4) is 0 Å². The highest BCUT2D eigenvalue weighted by Crippen LogP contribution is 2.11. The van der Waals surface area contributed by atoms with Crippen LogP contribution in [0.25, 0.3) is 0 Å². The SMILES string of the molecule is Cc1cccc(OCC(=O)NNC(=O)CCc2cccc(F)c2)c1. The van der Waals surface area contributed by atoms with E-state index in [0.717, 1.165) is 11.1 Å². The maximum Gasteiger partial charge on any atom is 0.276 e. The second kappa shape index (κ2) is 8.67.